The Morgan fingerprint density at radius 2 is 1.91 bits per heavy atom. The van der Waals surface area contributed by atoms with Crippen LogP contribution in [-0.2, 0) is 9.47 Å². The lowest BCUT2D eigenvalue weighted by Crippen LogP contribution is -2.71. The molecule has 0 saturated carbocycles. The number of nitrogens with zero attached hydrogens (tertiary/aromatic N) is 3. The van der Waals surface area contributed by atoms with Crippen molar-refractivity contribution >= 4 is 23.1 Å². The molecule has 0 radical (unpaired) electrons. The maximum Gasteiger partial charge on any atom is 0.410 e. The van der Waals surface area contributed by atoms with Gasteiger partial charge < -0.3 is 20.1 Å². The summed E-state index contributed by atoms with van der Waals surface area (Å²) < 4.78 is 12.5. The van der Waals surface area contributed by atoms with Crippen LogP contribution in [0, 0.1) is 5.41 Å². The van der Waals surface area contributed by atoms with Gasteiger partial charge in [0.15, 0.2) is 5.88 Å². The molecule has 2 rings (SSSR count). The highest BCUT2D eigenvalue weighted by molar-refractivity contribution is 8.12. The molecule has 2 heterocycles. The first-order chi connectivity index (χ1) is 10.7. The van der Waals surface area contributed by atoms with Crippen molar-refractivity contribution in [1.29, 1.82) is 0 Å². The molecule has 2 aliphatic rings. The van der Waals surface area contributed by atoms with Crippen LogP contribution in [0.15, 0.2) is 17.0 Å². The van der Waals surface area contributed by atoms with E-state index in [0.717, 1.165) is 31.2 Å². The maximum atomic E-state index is 12.0. The van der Waals surface area contributed by atoms with Gasteiger partial charge in [0.25, 0.3) is 0 Å². The van der Waals surface area contributed by atoms with Gasteiger partial charge in [0.2, 0.25) is 0 Å². The summed E-state index contributed by atoms with van der Waals surface area (Å²) in [7, 11) is 3.26. The van der Waals surface area contributed by atoms with Crippen LogP contribution in [0.4, 0.5) is 4.79 Å². The molecule has 0 aromatic carbocycles. The molecule has 1 amide bonds. The average molecular weight is 342 g/mol. The number of amides is 1. The summed E-state index contributed by atoms with van der Waals surface area (Å²) in [5.74, 6) is 0.341. The van der Waals surface area contributed by atoms with Gasteiger partial charge in [-0.25, -0.2) is 9.10 Å². The van der Waals surface area contributed by atoms with Crippen LogP contribution < -0.4 is 5.73 Å². The van der Waals surface area contributed by atoms with E-state index in [1.807, 2.05) is 20.8 Å². The van der Waals surface area contributed by atoms with Crippen LogP contribution in [0.1, 0.15) is 20.8 Å². The number of hydrogen-bond acceptors (Lipinski definition) is 7. The summed E-state index contributed by atoms with van der Waals surface area (Å²) in [4.78, 5) is 17.9. The van der Waals surface area contributed by atoms with E-state index in [4.69, 9.17) is 15.2 Å². The van der Waals surface area contributed by atoms with Crippen molar-refractivity contribution < 1.29 is 14.3 Å². The lowest BCUT2D eigenvalue weighted by atomic mass is 9.75. The molecule has 0 aromatic rings. The molecular weight excluding hydrogens is 316 g/mol. The summed E-state index contributed by atoms with van der Waals surface area (Å²) in [5, 5.41) is 0.808. The molecule has 2 fully saturated rings. The van der Waals surface area contributed by atoms with Crippen LogP contribution in [0.25, 0.3) is 0 Å². The molecular formula is C15H26N4O3S. The van der Waals surface area contributed by atoms with Gasteiger partial charge in [0, 0.05) is 44.7 Å². The van der Waals surface area contributed by atoms with E-state index in [-0.39, 0.29) is 11.5 Å². The van der Waals surface area contributed by atoms with E-state index in [2.05, 4.69) is 9.30 Å². The molecule has 0 aliphatic carbocycles. The van der Waals surface area contributed by atoms with Crippen LogP contribution in [-0.4, -0.2) is 66.3 Å². The highest BCUT2D eigenvalue weighted by atomic mass is 32.2. The fourth-order valence-electron chi connectivity index (χ4n) is 2.63. The molecule has 23 heavy (non-hydrogen) atoms. The van der Waals surface area contributed by atoms with Crippen molar-refractivity contribution in [3.8, 4) is 0 Å². The minimum atomic E-state index is -0.443. The lowest BCUT2D eigenvalue weighted by molar-refractivity contribution is -0.0809. The minimum Gasteiger partial charge on any atom is -0.483 e. The van der Waals surface area contributed by atoms with Crippen molar-refractivity contribution in [3.63, 3.8) is 0 Å². The van der Waals surface area contributed by atoms with Crippen molar-refractivity contribution in [2.45, 2.75) is 26.4 Å². The zero-order chi connectivity index (χ0) is 17.3. The van der Waals surface area contributed by atoms with Crippen molar-refractivity contribution in [2.75, 3.05) is 40.3 Å². The standard InChI is InChI=1S/C15H26N4O3S/c1-14(2,3)22-13(20)18-7-15(8-18)9-19(10-15)23-12(17-4)6-11(16)21-5/h6H,7-10,16H2,1-5H3/b11-6+,17-12?. The monoisotopic (exact) mass is 342 g/mol. The third-order valence-electron chi connectivity index (χ3n) is 3.67. The zero-order valence-electron chi connectivity index (χ0n) is 14.5. The van der Waals surface area contributed by atoms with Gasteiger partial charge in [0.1, 0.15) is 10.6 Å². The average Bonchev–Trinajstić information content (AvgIpc) is 2.35. The first kappa shape index (κ1) is 17.9. The molecule has 0 bridgehead atoms. The molecule has 0 aromatic heterocycles. The second-order valence-electron chi connectivity index (χ2n) is 7.04. The van der Waals surface area contributed by atoms with E-state index >= 15 is 0 Å². The SMILES string of the molecule is CN=C(/C=C(\N)OC)SN1CC2(C1)CN(C(=O)OC(C)(C)C)C2. The van der Waals surface area contributed by atoms with Crippen molar-refractivity contribution in [2.24, 2.45) is 16.1 Å². The summed E-state index contributed by atoms with van der Waals surface area (Å²) in [6.45, 7) is 9.02. The van der Waals surface area contributed by atoms with Gasteiger partial charge in [-0.15, -0.1) is 0 Å². The maximum absolute atomic E-state index is 12.0. The van der Waals surface area contributed by atoms with Gasteiger partial charge in [-0.05, 0) is 32.7 Å². The Morgan fingerprint density at radius 1 is 1.30 bits per heavy atom. The van der Waals surface area contributed by atoms with E-state index < -0.39 is 5.60 Å². The summed E-state index contributed by atoms with van der Waals surface area (Å²) >= 11 is 1.56. The van der Waals surface area contributed by atoms with Crippen LogP contribution >= 0.6 is 11.9 Å². The molecule has 2 N–H and O–H groups in total. The number of hydrogen-bond donors (Lipinski definition) is 1. The van der Waals surface area contributed by atoms with Gasteiger partial charge in [-0.2, -0.15) is 0 Å². The number of aliphatic imine (C=N–C) groups is 1. The van der Waals surface area contributed by atoms with Crippen LogP contribution in [0.2, 0.25) is 0 Å². The quantitative estimate of drug-likeness (QED) is 0.364. The third-order valence-corrected chi connectivity index (χ3v) is 4.68. The fraction of sp³-hybridized carbons (Fsp3) is 0.733. The Kier molecular flexibility index (Phi) is 5.15. The second kappa shape index (κ2) is 6.60. The molecule has 2 aliphatic heterocycles. The number of methoxy groups -OCH3 is 1. The largest absolute Gasteiger partial charge is 0.483 e. The van der Waals surface area contributed by atoms with Gasteiger partial charge in [0.05, 0.1) is 7.11 Å². The molecule has 1 spiro atoms. The predicted molar refractivity (Wildman–Crippen MR) is 92.0 cm³/mol. The molecule has 130 valence electrons. The Balaban J connectivity index is 1.75. The zero-order valence-corrected chi connectivity index (χ0v) is 15.3. The lowest BCUT2D eigenvalue weighted by Gasteiger charge is -2.59. The number of nitrogens with two attached hydrogens (primary N) is 1. The highest BCUT2D eigenvalue weighted by Crippen LogP contribution is 2.43. The highest BCUT2D eigenvalue weighted by Gasteiger charge is 2.54. The van der Waals surface area contributed by atoms with E-state index in [1.165, 1.54) is 7.11 Å². The predicted octanol–water partition coefficient (Wildman–Crippen LogP) is 1.66. The van der Waals surface area contributed by atoms with Gasteiger partial charge in [-0.1, -0.05) is 0 Å². The second-order valence-corrected chi connectivity index (χ2v) is 8.16. The Hall–Kier alpha value is -1.41. The molecule has 0 unspecified atom stereocenters. The summed E-state index contributed by atoms with van der Waals surface area (Å²) in [5.41, 5.74) is 5.41. The summed E-state index contributed by atoms with van der Waals surface area (Å²) in [6.07, 6.45) is 1.49. The van der Waals surface area contributed by atoms with E-state index in [0.29, 0.717) is 5.88 Å². The topological polar surface area (TPSA) is 80.4 Å². The molecule has 8 heteroatoms. The van der Waals surface area contributed by atoms with Crippen LogP contribution in [0.3, 0.4) is 0 Å². The Morgan fingerprint density at radius 3 is 2.39 bits per heavy atom. The first-order valence-electron chi connectivity index (χ1n) is 7.55. The molecule has 2 saturated heterocycles. The van der Waals surface area contributed by atoms with E-state index in [9.17, 15) is 4.79 Å². The van der Waals surface area contributed by atoms with Crippen LogP contribution in [0.5, 0.6) is 0 Å². The Bertz CT molecular complexity index is 513. The number of ether oxygens (including phenoxy) is 2. The number of carbonyl (C=O) groups is 1. The van der Waals surface area contributed by atoms with Gasteiger partial charge in [-0.3, -0.25) is 4.99 Å². The van der Waals surface area contributed by atoms with Gasteiger partial charge >= 0.3 is 6.09 Å². The van der Waals surface area contributed by atoms with E-state index in [1.54, 1.807) is 30.0 Å². The first-order valence-corrected chi connectivity index (χ1v) is 8.32. The number of rotatable bonds is 3. The fourth-order valence-corrected chi connectivity index (χ4v) is 3.82. The number of carbonyl (C=O) groups excluding carboxylic acids is 1. The molecule has 7 nitrogen and oxygen atoms in total. The van der Waals surface area contributed by atoms with Crippen molar-refractivity contribution in [1.82, 2.24) is 9.21 Å². The smallest absolute Gasteiger partial charge is 0.410 e. The van der Waals surface area contributed by atoms with Crippen molar-refractivity contribution in [3.05, 3.63) is 12.0 Å². The minimum absolute atomic E-state index is 0.208. The molecule has 0 atom stereocenters. The normalized spacial score (nSPS) is 21.7. The number of likely N-dealkylation sites (tertiary alicyclic amines) is 1. The Labute approximate surface area is 142 Å². The summed E-state index contributed by atoms with van der Waals surface area (Å²) in [6, 6.07) is 0. The third kappa shape index (κ3) is 4.54.